The Hall–Kier alpha value is -4.28. The first-order valence-electron chi connectivity index (χ1n) is 16.8. The van der Waals surface area contributed by atoms with Gasteiger partial charge < -0.3 is 23.4 Å². The third kappa shape index (κ3) is 7.32. The summed E-state index contributed by atoms with van der Waals surface area (Å²) in [5.41, 5.74) is -2.14. The van der Waals surface area contributed by atoms with E-state index in [4.69, 9.17) is 28.4 Å². The van der Waals surface area contributed by atoms with Crippen molar-refractivity contribution >= 4 is 47.6 Å². The SMILES string of the molecule is COC(=O)C1=C(C(=O)OC)C(C)(N(C)C)N=C(O[C@H]2C[C@H](n3cc(C)c(=O)[nH]c3=O)O[C@@H]2CO[Si](c2ccccc2)(c2ccccc2)C(C)(C)C)S1. The minimum atomic E-state index is -3.04. The Kier molecular flexibility index (Phi) is 11.5. The van der Waals surface area contributed by atoms with Crippen molar-refractivity contribution in [2.45, 2.75) is 70.2 Å². The highest BCUT2D eigenvalue weighted by Crippen LogP contribution is 2.42. The molecule has 278 valence electrons. The molecule has 0 bridgehead atoms. The molecule has 1 saturated heterocycles. The average Bonchev–Trinajstić information content (AvgIpc) is 3.51. The fourth-order valence-corrected chi connectivity index (χ4v) is 12.3. The standard InChI is InChI=1S/C37H46N4O9SSi/c1-23-21-41(34(45)38-31(23)42)28-20-26(50-35-39-37(5,40(6)7)29(32(43)46-8)30(51-35)33(44)47-9)27(49-28)22-48-52(36(2,3)4,24-16-12-10-13-17-24)25-18-14-11-15-19-25/h10-19,21,26-28H,20,22H2,1-9H3,(H,38,42,45)/t26-,27+,28+,37?/m0/s1. The monoisotopic (exact) mass is 750 g/mol. The summed E-state index contributed by atoms with van der Waals surface area (Å²) >= 11 is 0.852. The number of aryl methyl sites for hydroxylation is 1. The number of aromatic amines is 1. The number of rotatable bonds is 10. The van der Waals surface area contributed by atoms with Crippen LogP contribution in [-0.2, 0) is 33.0 Å². The van der Waals surface area contributed by atoms with Gasteiger partial charge in [-0.2, -0.15) is 0 Å². The molecule has 13 nitrogen and oxygen atoms in total. The molecule has 5 rings (SSSR count). The minimum absolute atomic E-state index is 0.00609. The summed E-state index contributed by atoms with van der Waals surface area (Å²) in [6.07, 6.45) is -0.702. The van der Waals surface area contributed by atoms with Crippen LogP contribution in [0.15, 0.2) is 91.9 Å². The van der Waals surface area contributed by atoms with E-state index in [0.717, 1.165) is 22.1 Å². The molecule has 52 heavy (non-hydrogen) atoms. The fraction of sp³-hybridized carbons (Fsp3) is 0.432. The van der Waals surface area contributed by atoms with Gasteiger partial charge in [-0.3, -0.25) is 19.2 Å². The van der Waals surface area contributed by atoms with Crippen LogP contribution in [0.25, 0.3) is 0 Å². The van der Waals surface area contributed by atoms with Crippen LogP contribution in [0.4, 0.5) is 0 Å². The van der Waals surface area contributed by atoms with E-state index in [1.807, 2.05) is 36.4 Å². The van der Waals surface area contributed by atoms with Gasteiger partial charge in [0.15, 0.2) is 0 Å². The maximum absolute atomic E-state index is 13.1. The summed E-state index contributed by atoms with van der Waals surface area (Å²) < 4.78 is 31.9. The largest absolute Gasteiger partial charge is 0.466 e. The van der Waals surface area contributed by atoms with E-state index in [2.05, 4.69) is 50.0 Å². The number of hydrogen-bond donors (Lipinski definition) is 1. The summed E-state index contributed by atoms with van der Waals surface area (Å²) in [4.78, 5) is 60.3. The molecular formula is C37H46N4O9SSi. The highest BCUT2D eigenvalue weighted by atomic mass is 32.2. The molecule has 0 spiro atoms. The second kappa shape index (κ2) is 15.4. The van der Waals surface area contributed by atoms with Gasteiger partial charge in [-0.1, -0.05) is 81.4 Å². The zero-order valence-corrected chi connectivity index (χ0v) is 32.7. The Bertz CT molecular complexity index is 1930. The lowest BCUT2D eigenvalue weighted by molar-refractivity contribution is -0.140. The Morgan fingerprint density at radius 3 is 2.12 bits per heavy atom. The highest BCUT2D eigenvalue weighted by Gasteiger charge is 2.52. The molecule has 0 saturated carbocycles. The number of nitrogens with zero attached hydrogens (tertiary/aromatic N) is 3. The van der Waals surface area contributed by atoms with Crippen LogP contribution >= 0.6 is 11.8 Å². The molecule has 0 aliphatic carbocycles. The number of likely N-dealkylation sites (N-methyl/N-ethyl adjacent to an activating group) is 1. The molecule has 2 aromatic carbocycles. The first-order valence-corrected chi connectivity index (χ1v) is 19.6. The van der Waals surface area contributed by atoms with Crippen molar-refractivity contribution in [3.63, 3.8) is 0 Å². The third-order valence-corrected chi connectivity index (χ3v) is 15.5. The summed E-state index contributed by atoms with van der Waals surface area (Å²) in [5.74, 6) is -1.49. The number of hydrogen-bond acceptors (Lipinski definition) is 12. The smallest absolute Gasteiger partial charge is 0.345 e. The van der Waals surface area contributed by atoms with Crippen molar-refractivity contribution in [3.8, 4) is 0 Å². The Labute approximate surface area is 308 Å². The lowest BCUT2D eigenvalue weighted by Gasteiger charge is -2.43. The molecule has 0 amide bonds. The van der Waals surface area contributed by atoms with Crippen LogP contribution < -0.4 is 21.6 Å². The van der Waals surface area contributed by atoms with Crippen LogP contribution in [0, 0.1) is 6.92 Å². The molecule has 3 aromatic rings. The maximum Gasteiger partial charge on any atom is 0.345 e. The Morgan fingerprint density at radius 1 is 1.02 bits per heavy atom. The van der Waals surface area contributed by atoms with Gasteiger partial charge >= 0.3 is 17.6 Å². The summed E-state index contributed by atoms with van der Waals surface area (Å²) in [7, 11) is 2.85. The van der Waals surface area contributed by atoms with E-state index in [1.165, 1.54) is 25.0 Å². The quantitative estimate of drug-likeness (QED) is 0.241. The van der Waals surface area contributed by atoms with E-state index >= 15 is 0 Å². The van der Waals surface area contributed by atoms with E-state index in [-0.39, 0.29) is 33.8 Å². The number of methoxy groups -OCH3 is 2. The van der Waals surface area contributed by atoms with Gasteiger partial charge in [0.2, 0.25) is 0 Å². The number of thioether (sulfide) groups is 1. The first kappa shape index (κ1) is 38.9. The van der Waals surface area contributed by atoms with Gasteiger partial charge in [-0.05, 0) is 55.1 Å². The molecule has 2 aliphatic heterocycles. The molecule has 1 unspecified atom stereocenters. The van der Waals surface area contributed by atoms with Crippen molar-refractivity contribution in [1.29, 1.82) is 0 Å². The lowest BCUT2D eigenvalue weighted by Crippen LogP contribution is -2.67. The molecule has 1 aromatic heterocycles. The molecule has 3 heterocycles. The number of esters is 2. The number of benzene rings is 2. The van der Waals surface area contributed by atoms with Crippen molar-refractivity contribution < 1.29 is 33.0 Å². The van der Waals surface area contributed by atoms with E-state index < -0.39 is 55.6 Å². The topological polar surface area (TPSA) is 151 Å². The van der Waals surface area contributed by atoms with Crippen LogP contribution in [0.2, 0.25) is 5.04 Å². The third-order valence-electron chi connectivity index (χ3n) is 9.60. The van der Waals surface area contributed by atoms with Gasteiger partial charge in [-0.15, -0.1) is 0 Å². The number of carbonyl (C=O) groups is 2. The average molecular weight is 751 g/mol. The number of H-pyrrole nitrogens is 1. The van der Waals surface area contributed by atoms with E-state index in [1.54, 1.807) is 32.8 Å². The molecule has 1 fully saturated rings. The van der Waals surface area contributed by atoms with Crippen LogP contribution in [-0.4, -0.2) is 92.7 Å². The number of aliphatic imine (C=N–C) groups is 1. The maximum atomic E-state index is 13.1. The van der Waals surface area contributed by atoms with Gasteiger partial charge in [0, 0.05) is 18.2 Å². The van der Waals surface area contributed by atoms with Crippen LogP contribution in [0.3, 0.4) is 0 Å². The molecule has 15 heteroatoms. The Balaban J connectivity index is 1.58. The molecular weight excluding hydrogens is 705 g/mol. The van der Waals surface area contributed by atoms with Crippen molar-refractivity contribution in [2.24, 2.45) is 4.99 Å². The van der Waals surface area contributed by atoms with Gasteiger partial charge in [-0.25, -0.2) is 19.4 Å². The predicted molar refractivity (Wildman–Crippen MR) is 201 cm³/mol. The van der Waals surface area contributed by atoms with E-state index in [0.29, 0.717) is 5.56 Å². The van der Waals surface area contributed by atoms with Crippen LogP contribution in [0.5, 0.6) is 0 Å². The van der Waals surface area contributed by atoms with Crippen LogP contribution in [0.1, 0.15) is 45.9 Å². The predicted octanol–water partition coefficient (Wildman–Crippen LogP) is 3.08. The summed E-state index contributed by atoms with van der Waals surface area (Å²) in [5, 5.41) is 1.90. The van der Waals surface area contributed by atoms with Gasteiger partial charge in [0.1, 0.15) is 34.6 Å². The van der Waals surface area contributed by atoms with Crippen molar-refractivity contribution in [3.05, 3.63) is 104 Å². The number of carbonyl (C=O) groups excluding carboxylic acids is 2. The van der Waals surface area contributed by atoms with Gasteiger partial charge in [0.25, 0.3) is 19.1 Å². The number of aromatic nitrogens is 2. The van der Waals surface area contributed by atoms with Crippen molar-refractivity contribution in [2.75, 3.05) is 34.9 Å². The summed E-state index contributed by atoms with van der Waals surface area (Å²) in [6.45, 7) is 9.86. The zero-order chi connectivity index (χ0) is 38.0. The first-order chi connectivity index (χ1) is 24.6. The lowest BCUT2D eigenvalue weighted by atomic mass is 9.99. The van der Waals surface area contributed by atoms with Crippen molar-refractivity contribution in [1.82, 2.24) is 14.5 Å². The number of ether oxygens (including phenoxy) is 4. The minimum Gasteiger partial charge on any atom is -0.466 e. The number of nitrogens with one attached hydrogen (secondary N) is 1. The van der Waals surface area contributed by atoms with E-state index in [9.17, 15) is 19.2 Å². The zero-order valence-electron chi connectivity index (χ0n) is 30.9. The second-order valence-electron chi connectivity index (χ2n) is 14.1. The molecule has 4 atom stereocenters. The summed E-state index contributed by atoms with van der Waals surface area (Å²) in [6, 6.07) is 20.3. The Morgan fingerprint density at radius 2 is 1.60 bits per heavy atom. The molecule has 2 aliphatic rings. The second-order valence-corrected chi connectivity index (χ2v) is 19.3. The van der Waals surface area contributed by atoms with Gasteiger partial charge in [0.05, 0.1) is 20.8 Å². The molecule has 1 N–H and O–H groups in total. The normalized spacial score (nSPS) is 22.3. The molecule has 0 radical (unpaired) electrons. The highest BCUT2D eigenvalue weighted by molar-refractivity contribution is 8.17. The fourth-order valence-electron chi connectivity index (χ4n) is 6.65.